The van der Waals surface area contributed by atoms with Gasteiger partial charge in [-0.15, -0.1) is 0 Å². The molecule has 0 unspecified atom stereocenters. The summed E-state index contributed by atoms with van der Waals surface area (Å²) >= 11 is 0. The van der Waals surface area contributed by atoms with Gasteiger partial charge in [0.05, 0.1) is 0 Å². The summed E-state index contributed by atoms with van der Waals surface area (Å²) in [5.41, 5.74) is -1.18. The number of hydrogen-bond donors (Lipinski definition) is 0. The quantitative estimate of drug-likeness (QED) is 0.560. The van der Waals surface area contributed by atoms with Crippen LogP contribution in [0.15, 0.2) is 42.5 Å². The van der Waals surface area contributed by atoms with E-state index in [1.165, 1.54) is 31.2 Å². The molecule has 0 aliphatic heterocycles. The number of aryl methyl sites for hydroxylation is 2. The molecule has 0 amide bonds. The number of hydrogen-bond acceptors (Lipinski definition) is 1. The Morgan fingerprint density at radius 1 is 0.870 bits per heavy atom. The number of alkyl halides is 5. The predicted molar refractivity (Wildman–Crippen MR) is 75.7 cm³/mol. The molecular weight excluding hydrogens is 315 g/mol. The van der Waals surface area contributed by atoms with E-state index in [0.717, 1.165) is 12.1 Å². The van der Waals surface area contributed by atoms with Gasteiger partial charge >= 0.3 is 12.1 Å². The second-order valence-electron chi connectivity index (χ2n) is 5.25. The van der Waals surface area contributed by atoms with E-state index in [2.05, 4.69) is 0 Å². The van der Waals surface area contributed by atoms with E-state index in [4.69, 9.17) is 0 Å². The molecule has 0 atom stereocenters. The molecule has 122 valence electrons. The van der Waals surface area contributed by atoms with Crippen molar-refractivity contribution < 1.29 is 26.7 Å². The van der Waals surface area contributed by atoms with Gasteiger partial charge in [-0.25, -0.2) is 0 Å². The van der Waals surface area contributed by atoms with Crippen LogP contribution in [-0.2, 0) is 5.92 Å². The third-order valence-electron chi connectivity index (χ3n) is 3.61. The lowest BCUT2D eigenvalue weighted by Crippen LogP contribution is -2.35. The average Bonchev–Trinajstić information content (AvgIpc) is 2.48. The standard InChI is InChI=1S/C17H13F5O/c1-10-8-13(15(23)12-6-4-3-5-7-12)14(9-11(10)2)16(18,19)17(20,21)22/h3-9H,1-2H3. The minimum atomic E-state index is -5.78. The maximum atomic E-state index is 13.8. The fraction of sp³-hybridized carbons (Fsp3) is 0.235. The van der Waals surface area contributed by atoms with Gasteiger partial charge < -0.3 is 0 Å². The lowest BCUT2D eigenvalue weighted by atomic mass is 9.90. The van der Waals surface area contributed by atoms with E-state index in [9.17, 15) is 26.7 Å². The smallest absolute Gasteiger partial charge is 0.289 e. The lowest BCUT2D eigenvalue weighted by molar-refractivity contribution is -0.289. The van der Waals surface area contributed by atoms with Gasteiger partial charge in [-0.2, -0.15) is 22.0 Å². The number of carbonyl (C=O) groups is 1. The van der Waals surface area contributed by atoms with Crippen molar-refractivity contribution in [1.82, 2.24) is 0 Å². The van der Waals surface area contributed by atoms with Crippen LogP contribution in [0.5, 0.6) is 0 Å². The second kappa shape index (κ2) is 5.76. The summed E-state index contributed by atoms with van der Waals surface area (Å²) < 4.78 is 65.9. The van der Waals surface area contributed by atoms with Crippen molar-refractivity contribution in [3.8, 4) is 0 Å². The maximum absolute atomic E-state index is 13.8. The first-order chi connectivity index (χ1) is 10.6. The van der Waals surface area contributed by atoms with Crippen LogP contribution in [0.3, 0.4) is 0 Å². The third kappa shape index (κ3) is 3.11. The Balaban J connectivity index is 2.69. The zero-order valence-electron chi connectivity index (χ0n) is 12.3. The Bertz CT molecular complexity index is 733. The van der Waals surface area contributed by atoms with Gasteiger partial charge in [-0.1, -0.05) is 30.3 Å². The number of carbonyl (C=O) groups excluding carboxylic acids is 1. The van der Waals surface area contributed by atoms with Crippen LogP contribution in [0.25, 0.3) is 0 Å². The summed E-state index contributed by atoms with van der Waals surface area (Å²) in [4.78, 5) is 12.4. The number of ketones is 1. The Labute approximate surface area is 129 Å². The molecule has 2 aromatic carbocycles. The molecule has 23 heavy (non-hydrogen) atoms. The average molecular weight is 328 g/mol. The Kier molecular flexibility index (Phi) is 4.28. The first kappa shape index (κ1) is 17.1. The van der Waals surface area contributed by atoms with E-state index >= 15 is 0 Å². The summed E-state index contributed by atoms with van der Waals surface area (Å²) in [6, 6.07) is 9.19. The molecule has 0 N–H and O–H groups in total. The number of benzene rings is 2. The molecule has 0 aliphatic carbocycles. The second-order valence-corrected chi connectivity index (χ2v) is 5.25. The van der Waals surface area contributed by atoms with E-state index in [-0.39, 0.29) is 11.1 Å². The zero-order chi connectivity index (χ0) is 17.4. The highest BCUT2D eigenvalue weighted by molar-refractivity contribution is 6.10. The van der Waals surface area contributed by atoms with Crippen molar-refractivity contribution in [1.29, 1.82) is 0 Å². The molecule has 0 bridgehead atoms. The number of rotatable bonds is 3. The van der Waals surface area contributed by atoms with E-state index < -0.39 is 29.0 Å². The van der Waals surface area contributed by atoms with Crippen molar-refractivity contribution in [2.24, 2.45) is 0 Å². The molecule has 0 saturated heterocycles. The molecule has 2 aromatic rings. The van der Waals surface area contributed by atoms with Gasteiger partial charge in [0.25, 0.3) is 0 Å². The molecule has 1 nitrogen and oxygen atoms in total. The molecule has 0 fully saturated rings. The normalized spacial score (nSPS) is 12.3. The van der Waals surface area contributed by atoms with E-state index in [1.807, 2.05) is 0 Å². The highest BCUT2D eigenvalue weighted by Crippen LogP contribution is 2.46. The van der Waals surface area contributed by atoms with Crippen LogP contribution in [0, 0.1) is 13.8 Å². The highest BCUT2D eigenvalue weighted by atomic mass is 19.4. The van der Waals surface area contributed by atoms with Crippen molar-refractivity contribution in [2.45, 2.75) is 25.9 Å². The largest absolute Gasteiger partial charge is 0.458 e. The molecule has 0 aromatic heterocycles. The summed E-state index contributed by atoms with van der Waals surface area (Å²) in [5, 5.41) is 0. The summed E-state index contributed by atoms with van der Waals surface area (Å²) in [5.74, 6) is -5.97. The minimum absolute atomic E-state index is 0.0509. The molecule has 0 saturated carbocycles. The van der Waals surface area contributed by atoms with Gasteiger partial charge in [0, 0.05) is 16.7 Å². The summed E-state index contributed by atoms with van der Waals surface area (Å²) in [6.45, 7) is 2.97. The van der Waals surface area contributed by atoms with Crippen LogP contribution >= 0.6 is 0 Å². The van der Waals surface area contributed by atoms with Gasteiger partial charge in [0.15, 0.2) is 5.78 Å². The van der Waals surface area contributed by atoms with Crippen LogP contribution in [0.4, 0.5) is 22.0 Å². The molecule has 6 heteroatoms. The minimum Gasteiger partial charge on any atom is -0.289 e. The van der Waals surface area contributed by atoms with Gasteiger partial charge in [0.1, 0.15) is 0 Å². The molecule has 0 radical (unpaired) electrons. The van der Waals surface area contributed by atoms with Crippen LogP contribution < -0.4 is 0 Å². The van der Waals surface area contributed by atoms with E-state index in [0.29, 0.717) is 5.56 Å². The molecular formula is C17H13F5O. The monoisotopic (exact) mass is 328 g/mol. The summed E-state index contributed by atoms with van der Waals surface area (Å²) in [7, 11) is 0. The molecule has 0 aliphatic rings. The third-order valence-corrected chi connectivity index (χ3v) is 3.61. The van der Waals surface area contributed by atoms with Crippen LogP contribution in [0.2, 0.25) is 0 Å². The van der Waals surface area contributed by atoms with Crippen molar-refractivity contribution in [3.63, 3.8) is 0 Å². The van der Waals surface area contributed by atoms with Crippen molar-refractivity contribution >= 4 is 5.78 Å². The maximum Gasteiger partial charge on any atom is 0.458 e. The zero-order valence-corrected chi connectivity index (χ0v) is 12.3. The topological polar surface area (TPSA) is 17.1 Å². The van der Waals surface area contributed by atoms with E-state index in [1.54, 1.807) is 13.0 Å². The van der Waals surface area contributed by atoms with Gasteiger partial charge in [-0.05, 0) is 37.1 Å². The predicted octanol–water partition coefficient (Wildman–Crippen LogP) is 5.19. The van der Waals surface area contributed by atoms with Gasteiger partial charge in [-0.3, -0.25) is 4.79 Å². The molecule has 0 spiro atoms. The number of halogens is 5. The molecule has 2 rings (SSSR count). The Morgan fingerprint density at radius 3 is 1.91 bits per heavy atom. The highest BCUT2D eigenvalue weighted by Gasteiger charge is 2.60. The van der Waals surface area contributed by atoms with Crippen molar-refractivity contribution in [3.05, 3.63) is 70.3 Å². The van der Waals surface area contributed by atoms with Crippen molar-refractivity contribution in [2.75, 3.05) is 0 Å². The fourth-order valence-corrected chi connectivity index (χ4v) is 2.16. The Hall–Kier alpha value is -2.24. The SMILES string of the molecule is Cc1cc(C(=O)c2ccccc2)c(C(F)(F)C(F)(F)F)cc1C. The van der Waals surface area contributed by atoms with Crippen LogP contribution in [0.1, 0.15) is 32.6 Å². The first-order valence-electron chi connectivity index (χ1n) is 6.71. The van der Waals surface area contributed by atoms with Crippen LogP contribution in [-0.4, -0.2) is 12.0 Å². The fourth-order valence-electron chi connectivity index (χ4n) is 2.16. The lowest BCUT2D eigenvalue weighted by Gasteiger charge is -2.23. The summed E-state index contributed by atoms with van der Waals surface area (Å²) in [6.07, 6.45) is -5.78. The Morgan fingerprint density at radius 2 is 1.39 bits per heavy atom. The molecule has 0 heterocycles. The van der Waals surface area contributed by atoms with Gasteiger partial charge in [0.2, 0.25) is 0 Å². The first-order valence-corrected chi connectivity index (χ1v) is 6.71.